The van der Waals surface area contributed by atoms with Gasteiger partial charge < -0.3 is 4.90 Å². The molecule has 0 saturated carbocycles. The molecule has 2 heteroatoms. The third-order valence-corrected chi connectivity index (χ3v) is 4.89. The van der Waals surface area contributed by atoms with Gasteiger partial charge >= 0.3 is 0 Å². The Kier molecular flexibility index (Phi) is 7.60. The van der Waals surface area contributed by atoms with Crippen LogP contribution in [0.25, 0.3) is 0 Å². The fourth-order valence-corrected chi connectivity index (χ4v) is 3.52. The summed E-state index contributed by atoms with van der Waals surface area (Å²) in [5.41, 5.74) is 8.16. The number of nitrogens with zero attached hydrogens (tertiary/aromatic N) is 2. The molecule has 2 aliphatic rings. The molecule has 2 aromatic rings. The Bertz CT molecular complexity index is 856. The lowest BCUT2D eigenvalue weighted by Gasteiger charge is -2.13. The maximum atomic E-state index is 2.29. The number of hydrogen-bond acceptors (Lipinski definition) is 1. The third-order valence-electron chi connectivity index (χ3n) is 4.89. The highest BCUT2D eigenvalue weighted by Crippen LogP contribution is 2.32. The van der Waals surface area contributed by atoms with Crippen LogP contribution in [0.5, 0.6) is 0 Å². The Hall–Kier alpha value is -2.61. The van der Waals surface area contributed by atoms with Crippen molar-refractivity contribution in [2.24, 2.45) is 0 Å². The normalized spacial score (nSPS) is 15.9. The molecule has 0 bridgehead atoms. The zero-order valence-electron chi connectivity index (χ0n) is 17.7. The topological polar surface area (TPSA) is 6.25 Å². The van der Waals surface area contributed by atoms with Gasteiger partial charge in [-0.1, -0.05) is 70.2 Å². The number of likely N-dealkylation sites (N-methyl/N-ethyl adjacent to an activating group) is 1. The van der Waals surface area contributed by atoms with Crippen molar-refractivity contribution in [3.05, 3.63) is 83.6 Å². The van der Waals surface area contributed by atoms with E-state index in [1.54, 1.807) is 0 Å². The molecule has 0 amide bonds. The molecule has 0 fully saturated rings. The summed E-state index contributed by atoms with van der Waals surface area (Å²) in [7, 11) is 4.30. The number of rotatable bonds is 2. The van der Waals surface area contributed by atoms with E-state index in [0.717, 1.165) is 12.8 Å². The van der Waals surface area contributed by atoms with E-state index in [2.05, 4.69) is 90.3 Å². The molecule has 4 rings (SSSR count). The van der Waals surface area contributed by atoms with Crippen LogP contribution in [0.3, 0.4) is 0 Å². The fraction of sp³-hybridized carbons (Fsp3) is 0.320. The number of hydrogen-bond donors (Lipinski definition) is 0. The molecular formula is C25H33N2+. The average molecular weight is 362 g/mol. The minimum atomic E-state index is 1.02. The zero-order chi connectivity index (χ0) is 19.8. The predicted molar refractivity (Wildman–Crippen MR) is 119 cm³/mol. The van der Waals surface area contributed by atoms with Gasteiger partial charge in [0.1, 0.15) is 7.05 Å². The van der Waals surface area contributed by atoms with Crippen LogP contribution in [-0.4, -0.2) is 24.4 Å². The van der Waals surface area contributed by atoms with Crippen molar-refractivity contribution in [1.82, 2.24) is 0 Å². The van der Waals surface area contributed by atoms with Gasteiger partial charge in [0.2, 0.25) is 5.69 Å². The van der Waals surface area contributed by atoms with E-state index in [9.17, 15) is 0 Å². The maximum absolute atomic E-state index is 2.29. The van der Waals surface area contributed by atoms with Gasteiger partial charge in [-0.25, -0.2) is 0 Å². The van der Waals surface area contributed by atoms with Gasteiger partial charge in [-0.3, -0.25) is 0 Å². The van der Waals surface area contributed by atoms with Crippen molar-refractivity contribution in [3.63, 3.8) is 0 Å². The van der Waals surface area contributed by atoms with Crippen molar-refractivity contribution in [2.45, 2.75) is 40.5 Å². The lowest BCUT2D eigenvalue weighted by atomic mass is 10.1. The maximum Gasteiger partial charge on any atom is 0.208 e. The number of anilines is 1. The smallest absolute Gasteiger partial charge is 0.208 e. The molecule has 0 aliphatic carbocycles. The Morgan fingerprint density at radius 2 is 1.48 bits per heavy atom. The van der Waals surface area contributed by atoms with Crippen LogP contribution in [-0.2, 0) is 12.8 Å². The van der Waals surface area contributed by atoms with Gasteiger partial charge in [0.15, 0.2) is 5.71 Å². The number of allylic oxidation sites excluding steroid dienone is 4. The van der Waals surface area contributed by atoms with E-state index < -0.39 is 0 Å². The van der Waals surface area contributed by atoms with Crippen molar-refractivity contribution in [3.8, 4) is 0 Å². The molecular weight excluding hydrogens is 328 g/mol. The molecule has 0 atom stereocenters. The van der Waals surface area contributed by atoms with E-state index in [1.165, 1.54) is 33.9 Å². The lowest BCUT2D eigenvalue weighted by Crippen LogP contribution is -2.10. The van der Waals surface area contributed by atoms with Crippen LogP contribution in [0.2, 0.25) is 0 Å². The summed E-state index contributed by atoms with van der Waals surface area (Å²) in [6.45, 7) is 8.00. The van der Waals surface area contributed by atoms with E-state index in [-0.39, 0.29) is 0 Å². The number of para-hydroxylation sites is 2. The largest absolute Gasteiger partial charge is 0.348 e. The SMILES string of the molecule is CC.CC.CN1C(=CC=CC2=[N+](C)c3ccccc3C2)Cc2ccccc21. The van der Waals surface area contributed by atoms with Crippen LogP contribution in [0, 0.1) is 0 Å². The average Bonchev–Trinajstić information content (AvgIpc) is 3.23. The third kappa shape index (κ3) is 4.39. The molecule has 0 unspecified atom stereocenters. The monoisotopic (exact) mass is 361 g/mol. The second kappa shape index (κ2) is 9.91. The minimum Gasteiger partial charge on any atom is -0.348 e. The van der Waals surface area contributed by atoms with Crippen molar-refractivity contribution in [2.75, 3.05) is 19.0 Å². The molecule has 2 aromatic carbocycles. The lowest BCUT2D eigenvalue weighted by molar-refractivity contribution is -0.400. The second-order valence-electron chi connectivity index (χ2n) is 6.24. The van der Waals surface area contributed by atoms with Gasteiger partial charge in [-0.2, -0.15) is 4.58 Å². The summed E-state index contributed by atoms with van der Waals surface area (Å²) >= 11 is 0. The van der Waals surface area contributed by atoms with Gasteiger partial charge in [0.25, 0.3) is 0 Å². The van der Waals surface area contributed by atoms with Gasteiger partial charge in [0, 0.05) is 42.6 Å². The summed E-state index contributed by atoms with van der Waals surface area (Å²) < 4.78 is 2.29. The zero-order valence-corrected chi connectivity index (χ0v) is 17.7. The summed E-state index contributed by atoms with van der Waals surface area (Å²) in [6.07, 6.45) is 8.70. The molecule has 2 heterocycles. The van der Waals surface area contributed by atoms with Gasteiger partial charge in [0.05, 0.1) is 6.42 Å². The van der Waals surface area contributed by atoms with Crippen LogP contribution in [0.15, 0.2) is 72.5 Å². The van der Waals surface area contributed by atoms with Gasteiger partial charge in [-0.05, 0) is 17.7 Å². The molecule has 0 aromatic heterocycles. The molecule has 2 aliphatic heterocycles. The highest BCUT2D eigenvalue weighted by atomic mass is 15.1. The van der Waals surface area contributed by atoms with Crippen LogP contribution in [0.4, 0.5) is 11.4 Å². The van der Waals surface area contributed by atoms with E-state index >= 15 is 0 Å². The first kappa shape index (κ1) is 20.7. The van der Waals surface area contributed by atoms with Crippen LogP contribution < -0.4 is 4.90 Å². The first-order valence-corrected chi connectivity index (χ1v) is 10.1. The summed E-state index contributed by atoms with van der Waals surface area (Å²) in [6, 6.07) is 17.3. The summed E-state index contributed by atoms with van der Waals surface area (Å²) in [5.74, 6) is 0. The fourth-order valence-electron chi connectivity index (χ4n) is 3.52. The molecule has 0 saturated heterocycles. The van der Waals surface area contributed by atoms with E-state index in [4.69, 9.17) is 0 Å². The van der Waals surface area contributed by atoms with E-state index in [1.807, 2.05) is 27.7 Å². The molecule has 27 heavy (non-hydrogen) atoms. The quantitative estimate of drug-likeness (QED) is 0.582. The molecule has 0 radical (unpaired) electrons. The Labute approximate surface area is 165 Å². The van der Waals surface area contributed by atoms with Crippen molar-refractivity contribution < 1.29 is 4.58 Å². The molecule has 2 nitrogen and oxygen atoms in total. The van der Waals surface area contributed by atoms with Crippen LogP contribution >= 0.6 is 0 Å². The standard InChI is InChI=1S/C21H21N2.2C2H6/c1-22-18(14-16-8-3-5-12-20(16)22)10-7-11-19-15-17-9-4-6-13-21(17)23(19)2;2*1-2/h3-13H,14-15H2,1-2H3;2*1-2H3/q+1;;. The Morgan fingerprint density at radius 1 is 0.852 bits per heavy atom. The number of benzene rings is 2. The molecule has 0 spiro atoms. The molecule has 0 N–H and O–H groups in total. The predicted octanol–water partition coefficient (Wildman–Crippen LogP) is 6.14. The van der Waals surface area contributed by atoms with Crippen molar-refractivity contribution in [1.29, 1.82) is 0 Å². The minimum absolute atomic E-state index is 1.02. The highest BCUT2D eigenvalue weighted by molar-refractivity contribution is 5.96. The van der Waals surface area contributed by atoms with Gasteiger partial charge in [-0.15, -0.1) is 0 Å². The summed E-state index contributed by atoms with van der Waals surface area (Å²) in [5, 5.41) is 0. The molecule has 142 valence electrons. The Morgan fingerprint density at radius 3 is 2.15 bits per heavy atom. The highest BCUT2D eigenvalue weighted by Gasteiger charge is 2.24. The summed E-state index contributed by atoms with van der Waals surface area (Å²) in [4.78, 5) is 2.29. The number of fused-ring (bicyclic) bond motifs is 2. The first-order chi connectivity index (χ1) is 13.2. The van der Waals surface area contributed by atoms with Crippen LogP contribution in [0.1, 0.15) is 38.8 Å². The second-order valence-corrected chi connectivity index (χ2v) is 6.24. The van der Waals surface area contributed by atoms with E-state index in [0.29, 0.717) is 0 Å². The first-order valence-electron chi connectivity index (χ1n) is 10.1. The Balaban J connectivity index is 0.000000614. The van der Waals surface area contributed by atoms with Crippen molar-refractivity contribution >= 4 is 17.1 Å².